The van der Waals surface area contributed by atoms with Crippen LogP contribution in [0.4, 0.5) is 5.69 Å². The van der Waals surface area contributed by atoms with Crippen molar-refractivity contribution in [2.24, 2.45) is 5.73 Å². The van der Waals surface area contributed by atoms with Gasteiger partial charge in [0.25, 0.3) is 0 Å². The van der Waals surface area contributed by atoms with Crippen LogP contribution in [0.3, 0.4) is 0 Å². The molecule has 21 heavy (non-hydrogen) atoms. The molecule has 2 unspecified atom stereocenters. The SMILES string of the molecule is CC(CC(=O)NC(CC(N)=O)C(=O)O)c1ccc(N)cc1. The minimum Gasteiger partial charge on any atom is -0.480 e. The first-order valence-corrected chi connectivity index (χ1v) is 6.45. The van der Waals surface area contributed by atoms with E-state index in [0.29, 0.717) is 5.69 Å². The first-order chi connectivity index (χ1) is 9.79. The number of carbonyl (C=O) groups is 3. The largest absolute Gasteiger partial charge is 0.480 e. The summed E-state index contributed by atoms with van der Waals surface area (Å²) in [6.07, 6.45) is -0.330. The molecule has 7 heteroatoms. The van der Waals surface area contributed by atoms with E-state index in [2.05, 4.69) is 5.32 Å². The Morgan fingerprint density at radius 3 is 2.24 bits per heavy atom. The molecule has 0 saturated carbocycles. The van der Waals surface area contributed by atoms with Crippen LogP contribution in [-0.2, 0) is 14.4 Å². The molecule has 0 fully saturated rings. The summed E-state index contributed by atoms with van der Waals surface area (Å²) in [6.45, 7) is 1.84. The van der Waals surface area contributed by atoms with E-state index in [9.17, 15) is 14.4 Å². The summed E-state index contributed by atoms with van der Waals surface area (Å²) in [5.74, 6) is -2.63. The van der Waals surface area contributed by atoms with Gasteiger partial charge in [0.1, 0.15) is 6.04 Å². The van der Waals surface area contributed by atoms with Crippen LogP contribution < -0.4 is 16.8 Å². The summed E-state index contributed by atoms with van der Waals surface area (Å²) >= 11 is 0. The first kappa shape index (κ1) is 16.5. The molecule has 0 bridgehead atoms. The van der Waals surface area contributed by atoms with E-state index in [0.717, 1.165) is 5.56 Å². The van der Waals surface area contributed by atoms with E-state index >= 15 is 0 Å². The summed E-state index contributed by atoms with van der Waals surface area (Å²) in [5, 5.41) is 11.2. The van der Waals surface area contributed by atoms with E-state index in [4.69, 9.17) is 16.6 Å². The Balaban J connectivity index is 2.61. The third kappa shape index (κ3) is 5.52. The molecule has 0 aliphatic carbocycles. The normalized spacial score (nSPS) is 13.2. The molecule has 114 valence electrons. The molecule has 0 spiro atoms. The number of hydrogen-bond acceptors (Lipinski definition) is 4. The first-order valence-electron chi connectivity index (χ1n) is 6.45. The second-order valence-electron chi connectivity index (χ2n) is 4.90. The average Bonchev–Trinajstić information content (AvgIpc) is 2.37. The van der Waals surface area contributed by atoms with Crippen molar-refractivity contribution in [1.29, 1.82) is 0 Å². The van der Waals surface area contributed by atoms with Gasteiger partial charge in [-0.25, -0.2) is 4.79 Å². The smallest absolute Gasteiger partial charge is 0.326 e. The Morgan fingerprint density at radius 2 is 1.76 bits per heavy atom. The highest BCUT2D eigenvalue weighted by Gasteiger charge is 2.23. The number of nitrogen functional groups attached to an aromatic ring is 1. The fraction of sp³-hybridized carbons (Fsp3) is 0.357. The number of anilines is 1. The Morgan fingerprint density at radius 1 is 1.19 bits per heavy atom. The van der Waals surface area contributed by atoms with E-state index in [-0.39, 0.29) is 12.3 Å². The van der Waals surface area contributed by atoms with Crippen LogP contribution in [-0.4, -0.2) is 28.9 Å². The van der Waals surface area contributed by atoms with Gasteiger partial charge in [0.2, 0.25) is 11.8 Å². The Labute approximate surface area is 122 Å². The van der Waals surface area contributed by atoms with Crippen LogP contribution in [0.15, 0.2) is 24.3 Å². The molecular formula is C14H19N3O4. The molecule has 6 N–H and O–H groups in total. The van der Waals surface area contributed by atoms with Crippen LogP contribution in [0.25, 0.3) is 0 Å². The molecule has 0 aliphatic rings. The topological polar surface area (TPSA) is 136 Å². The lowest BCUT2D eigenvalue weighted by Crippen LogP contribution is -2.43. The van der Waals surface area contributed by atoms with Crippen molar-refractivity contribution in [3.8, 4) is 0 Å². The molecule has 1 rings (SSSR count). The third-order valence-corrected chi connectivity index (χ3v) is 3.04. The van der Waals surface area contributed by atoms with Gasteiger partial charge >= 0.3 is 5.97 Å². The zero-order valence-corrected chi connectivity index (χ0v) is 11.7. The number of primary amides is 1. The number of benzene rings is 1. The zero-order chi connectivity index (χ0) is 16.0. The lowest BCUT2D eigenvalue weighted by Gasteiger charge is -2.16. The third-order valence-electron chi connectivity index (χ3n) is 3.04. The van der Waals surface area contributed by atoms with Crippen LogP contribution >= 0.6 is 0 Å². The summed E-state index contributed by atoms with van der Waals surface area (Å²) in [4.78, 5) is 33.5. The number of nitrogens with two attached hydrogens (primary N) is 2. The molecule has 0 aromatic heterocycles. The number of carboxylic acids is 1. The minimum absolute atomic E-state index is 0.103. The fourth-order valence-electron chi connectivity index (χ4n) is 1.88. The molecule has 2 amide bonds. The van der Waals surface area contributed by atoms with Gasteiger partial charge in [-0.1, -0.05) is 19.1 Å². The summed E-state index contributed by atoms with van der Waals surface area (Å²) in [7, 11) is 0. The van der Waals surface area contributed by atoms with Crippen LogP contribution in [0.5, 0.6) is 0 Å². The average molecular weight is 293 g/mol. The summed E-state index contributed by atoms with van der Waals surface area (Å²) < 4.78 is 0. The molecule has 7 nitrogen and oxygen atoms in total. The van der Waals surface area contributed by atoms with Gasteiger partial charge in [0.15, 0.2) is 0 Å². The monoisotopic (exact) mass is 293 g/mol. The molecular weight excluding hydrogens is 274 g/mol. The molecule has 0 heterocycles. The van der Waals surface area contributed by atoms with E-state index < -0.39 is 30.2 Å². The van der Waals surface area contributed by atoms with Gasteiger partial charge in [0, 0.05) is 12.1 Å². The highest BCUT2D eigenvalue weighted by molar-refractivity contribution is 5.88. The second-order valence-corrected chi connectivity index (χ2v) is 4.90. The lowest BCUT2D eigenvalue weighted by molar-refractivity contribution is -0.143. The second kappa shape index (κ2) is 7.28. The molecule has 0 radical (unpaired) electrons. The van der Waals surface area contributed by atoms with Crippen LogP contribution in [0, 0.1) is 0 Å². The highest BCUT2D eigenvalue weighted by Crippen LogP contribution is 2.20. The molecule has 0 aliphatic heterocycles. The Bertz CT molecular complexity index is 528. The number of amides is 2. The van der Waals surface area contributed by atoms with Crippen molar-refractivity contribution >= 4 is 23.5 Å². The molecule has 2 atom stereocenters. The number of carbonyl (C=O) groups excluding carboxylic acids is 2. The van der Waals surface area contributed by atoms with E-state index in [1.165, 1.54) is 0 Å². The van der Waals surface area contributed by atoms with E-state index in [1.807, 2.05) is 19.1 Å². The highest BCUT2D eigenvalue weighted by atomic mass is 16.4. The van der Waals surface area contributed by atoms with Crippen LogP contribution in [0.1, 0.15) is 31.2 Å². The quantitative estimate of drug-likeness (QED) is 0.533. The number of rotatable bonds is 7. The van der Waals surface area contributed by atoms with Crippen molar-refractivity contribution in [1.82, 2.24) is 5.32 Å². The van der Waals surface area contributed by atoms with Gasteiger partial charge in [-0.05, 0) is 23.6 Å². The zero-order valence-electron chi connectivity index (χ0n) is 11.7. The fourth-order valence-corrected chi connectivity index (χ4v) is 1.88. The van der Waals surface area contributed by atoms with Crippen molar-refractivity contribution in [2.45, 2.75) is 31.7 Å². The Kier molecular flexibility index (Phi) is 5.71. The molecule has 0 saturated heterocycles. The van der Waals surface area contributed by atoms with Crippen molar-refractivity contribution in [2.75, 3.05) is 5.73 Å². The maximum atomic E-state index is 11.8. The van der Waals surface area contributed by atoms with Gasteiger partial charge in [-0.3, -0.25) is 9.59 Å². The maximum absolute atomic E-state index is 11.8. The van der Waals surface area contributed by atoms with Crippen molar-refractivity contribution in [3.05, 3.63) is 29.8 Å². The van der Waals surface area contributed by atoms with Crippen LogP contribution in [0.2, 0.25) is 0 Å². The maximum Gasteiger partial charge on any atom is 0.326 e. The number of nitrogens with one attached hydrogen (secondary N) is 1. The standard InChI is InChI=1S/C14H19N3O4/c1-8(9-2-4-10(15)5-3-9)6-13(19)17-11(14(20)21)7-12(16)18/h2-5,8,11H,6-7,15H2,1H3,(H2,16,18)(H,17,19)(H,20,21). The summed E-state index contributed by atoms with van der Waals surface area (Å²) in [5.41, 5.74) is 12.1. The number of aliphatic carboxylic acids is 1. The molecule has 1 aromatic carbocycles. The van der Waals surface area contributed by atoms with Crippen molar-refractivity contribution < 1.29 is 19.5 Å². The van der Waals surface area contributed by atoms with E-state index in [1.54, 1.807) is 12.1 Å². The number of carboxylic acid groups (broad SMARTS) is 1. The van der Waals surface area contributed by atoms with Crippen molar-refractivity contribution in [3.63, 3.8) is 0 Å². The van der Waals surface area contributed by atoms with Gasteiger partial charge in [-0.2, -0.15) is 0 Å². The van der Waals surface area contributed by atoms with Gasteiger partial charge in [-0.15, -0.1) is 0 Å². The number of hydrogen-bond donors (Lipinski definition) is 4. The molecule has 1 aromatic rings. The van der Waals surface area contributed by atoms with Gasteiger partial charge < -0.3 is 21.9 Å². The Hall–Kier alpha value is -2.57. The predicted molar refractivity (Wildman–Crippen MR) is 77.3 cm³/mol. The van der Waals surface area contributed by atoms with Gasteiger partial charge in [0.05, 0.1) is 6.42 Å². The lowest BCUT2D eigenvalue weighted by atomic mass is 9.97. The minimum atomic E-state index is -1.30. The predicted octanol–water partition coefficient (Wildman–Crippen LogP) is 0.207. The summed E-state index contributed by atoms with van der Waals surface area (Å²) in [6, 6.07) is 5.79.